The van der Waals surface area contributed by atoms with Crippen molar-refractivity contribution in [3.05, 3.63) is 70.3 Å². The van der Waals surface area contributed by atoms with Crippen LogP contribution in [0.3, 0.4) is 0 Å². The molecule has 0 unspecified atom stereocenters. The Hall–Kier alpha value is -3.07. The van der Waals surface area contributed by atoms with Crippen LogP contribution in [0.15, 0.2) is 48.6 Å². The standard InChI is InChI=1S/C34H41ClN2O6/c1-36-15-4-3-7-29(42-2)26-11-8-23(26)19-37-20-33(14-5-6-22-16-25(35)10-12-27(22)33)21-43-30-13-9-24(17-28(30)37)34(41,32(39)40)18-31(36)38/h3,7,9-10,12-13,16-17,23,26,29,41H,4-6,8,11,14-15,18-21H2,1-2H3,(H,39,40)/b7-3-/t23-,26+,29-,33-,34+/m0/s1. The summed E-state index contributed by atoms with van der Waals surface area (Å²) in [5, 5.41) is 22.5. The highest BCUT2D eigenvalue weighted by Crippen LogP contribution is 2.47. The van der Waals surface area contributed by atoms with Crippen LogP contribution >= 0.6 is 11.6 Å². The van der Waals surface area contributed by atoms with Gasteiger partial charge in [-0.05, 0) is 91.3 Å². The lowest BCUT2D eigenvalue weighted by Gasteiger charge is -2.46. The molecule has 0 saturated heterocycles. The largest absolute Gasteiger partial charge is 0.490 e. The molecule has 2 aromatic rings. The summed E-state index contributed by atoms with van der Waals surface area (Å²) >= 11 is 6.41. The molecule has 4 aliphatic rings. The number of rotatable bonds is 2. The van der Waals surface area contributed by atoms with Gasteiger partial charge < -0.3 is 29.5 Å². The molecule has 9 heteroatoms. The minimum absolute atomic E-state index is 0.0229. The van der Waals surface area contributed by atoms with Crippen LogP contribution in [0.2, 0.25) is 5.02 Å². The molecule has 2 heterocycles. The molecule has 0 radical (unpaired) electrons. The highest BCUT2D eigenvalue weighted by molar-refractivity contribution is 6.30. The molecule has 1 saturated carbocycles. The molecule has 2 aromatic carbocycles. The van der Waals surface area contributed by atoms with E-state index in [1.54, 1.807) is 32.4 Å². The van der Waals surface area contributed by atoms with Crippen molar-refractivity contribution in [3.8, 4) is 5.75 Å². The summed E-state index contributed by atoms with van der Waals surface area (Å²) in [6.07, 6.45) is 9.25. The summed E-state index contributed by atoms with van der Waals surface area (Å²) in [5.41, 5.74) is 0.766. The zero-order valence-corrected chi connectivity index (χ0v) is 25.7. The highest BCUT2D eigenvalue weighted by atomic mass is 35.5. The van der Waals surface area contributed by atoms with Crippen molar-refractivity contribution in [2.24, 2.45) is 11.8 Å². The number of halogens is 1. The number of aliphatic hydroxyl groups is 1. The fourth-order valence-electron chi connectivity index (χ4n) is 7.58. The number of aryl methyl sites for hydroxylation is 1. The fourth-order valence-corrected chi connectivity index (χ4v) is 7.78. The Bertz CT molecular complexity index is 1430. The van der Waals surface area contributed by atoms with E-state index in [9.17, 15) is 19.8 Å². The Morgan fingerprint density at radius 1 is 1.19 bits per heavy atom. The van der Waals surface area contributed by atoms with E-state index < -0.39 is 23.9 Å². The van der Waals surface area contributed by atoms with E-state index in [0.29, 0.717) is 43.7 Å². The van der Waals surface area contributed by atoms with Crippen molar-refractivity contribution in [1.29, 1.82) is 0 Å². The fraction of sp³-hybridized carbons (Fsp3) is 0.529. The van der Waals surface area contributed by atoms with Crippen molar-refractivity contribution < 1.29 is 29.3 Å². The molecule has 2 aliphatic carbocycles. The maximum atomic E-state index is 13.2. The third-order valence-electron chi connectivity index (χ3n) is 10.3. The monoisotopic (exact) mass is 608 g/mol. The lowest BCUT2D eigenvalue weighted by atomic mass is 9.68. The predicted molar refractivity (Wildman–Crippen MR) is 165 cm³/mol. The van der Waals surface area contributed by atoms with Gasteiger partial charge in [0.25, 0.3) is 0 Å². The van der Waals surface area contributed by atoms with E-state index >= 15 is 0 Å². The average molecular weight is 609 g/mol. The topological polar surface area (TPSA) is 99.5 Å². The minimum Gasteiger partial charge on any atom is -0.490 e. The van der Waals surface area contributed by atoms with Crippen LogP contribution in [0.4, 0.5) is 5.69 Å². The number of hydrogen-bond acceptors (Lipinski definition) is 6. The molecule has 1 amide bonds. The van der Waals surface area contributed by atoms with Crippen LogP contribution in [-0.4, -0.2) is 73.5 Å². The van der Waals surface area contributed by atoms with Crippen molar-refractivity contribution >= 4 is 29.2 Å². The number of carbonyl (C=O) groups is 2. The number of carboxylic acids is 1. The van der Waals surface area contributed by atoms with Gasteiger partial charge in [0.15, 0.2) is 5.60 Å². The average Bonchev–Trinajstić information content (AvgIpc) is 3.12. The van der Waals surface area contributed by atoms with E-state index in [-0.39, 0.29) is 17.1 Å². The van der Waals surface area contributed by atoms with Crippen LogP contribution in [0.1, 0.15) is 55.2 Å². The van der Waals surface area contributed by atoms with Crippen LogP contribution < -0.4 is 9.64 Å². The summed E-state index contributed by atoms with van der Waals surface area (Å²) < 4.78 is 12.5. The lowest BCUT2D eigenvalue weighted by molar-refractivity contribution is -0.164. The normalized spacial score (nSPS) is 31.7. The van der Waals surface area contributed by atoms with Gasteiger partial charge in [-0.25, -0.2) is 4.79 Å². The number of methoxy groups -OCH3 is 1. The molecule has 230 valence electrons. The number of benzene rings is 2. The molecule has 5 atom stereocenters. The Morgan fingerprint density at radius 3 is 2.77 bits per heavy atom. The number of amides is 1. The molecule has 6 rings (SSSR count). The molecular weight excluding hydrogens is 568 g/mol. The van der Waals surface area contributed by atoms with E-state index in [0.717, 1.165) is 49.4 Å². The summed E-state index contributed by atoms with van der Waals surface area (Å²) in [6.45, 7) is 2.32. The first kappa shape index (κ1) is 30.0. The van der Waals surface area contributed by atoms with Crippen molar-refractivity contribution in [3.63, 3.8) is 0 Å². The second-order valence-electron chi connectivity index (χ2n) is 12.9. The van der Waals surface area contributed by atoms with Gasteiger partial charge in [-0.15, -0.1) is 0 Å². The van der Waals surface area contributed by atoms with Gasteiger partial charge in [-0.3, -0.25) is 4.79 Å². The van der Waals surface area contributed by atoms with E-state index in [1.165, 1.54) is 16.0 Å². The van der Waals surface area contributed by atoms with Gasteiger partial charge >= 0.3 is 5.97 Å². The number of anilines is 1. The number of nitrogens with zero attached hydrogens (tertiary/aromatic N) is 2. The zero-order chi connectivity index (χ0) is 30.4. The molecule has 0 aromatic heterocycles. The van der Waals surface area contributed by atoms with Gasteiger partial charge in [0.2, 0.25) is 5.91 Å². The van der Waals surface area contributed by atoms with Crippen LogP contribution in [0.25, 0.3) is 0 Å². The molecule has 2 bridgehead atoms. The number of carbonyl (C=O) groups excluding carboxylic acids is 1. The van der Waals surface area contributed by atoms with Crippen LogP contribution in [0.5, 0.6) is 5.75 Å². The predicted octanol–water partition coefficient (Wildman–Crippen LogP) is 4.93. The smallest absolute Gasteiger partial charge is 0.340 e. The van der Waals surface area contributed by atoms with Crippen molar-refractivity contribution in [2.75, 3.05) is 45.3 Å². The Morgan fingerprint density at radius 2 is 2.02 bits per heavy atom. The zero-order valence-electron chi connectivity index (χ0n) is 24.9. The summed E-state index contributed by atoms with van der Waals surface area (Å²) in [7, 11) is 3.39. The Kier molecular flexibility index (Phi) is 8.22. The molecule has 43 heavy (non-hydrogen) atoms. The van der Waals surface area contributed by atoms with E-state index in [1.807, 2.05) is 12.1 Å². The first-order chi connectivity index (χ1) is 20.6. The lowest BCUT2D eigenvalue weighted by Crippen LogP contribution is -2.49. The number of fused-ring (bicyclic) bond motifs is 4. The first-order valence-electron chi connectivity index (χ1n) is 15.3. The second-order valence-corrected chi connectivity index (χ2v) is 13.3. The van der Waals surface area contributed by atoms with Gasteiger partial charge in [-0.2, -0.15) is 0 Å². The number of hydrogen-bond donors (Lipinski definition) is 2. The molecule has 1 fully saturated rings. The van der Waals surface area contributed by atoms with Crippen molar-refractivity contribution in [1.82, 2.24) is 4.90 Å². The Labute approximate surface area is 258 Å². The second kappa shape index (κ2) is 11.8. The van der Waals surface area contributed by atoms with Crippen molar-refractivity contribution in [2.45, 2.75) is 62.1 Å². The molecule has 2 aliphatic heterocycles. The van der Waals surface area contributed by atoms with Crippen LogP contribution in [-0.2, 0) is 31.8 Å². The number of aliphatic carboxylic acids is 1. The quantitative estimate of drug-likeness (QED) is 0.466. The Balaban J connectivity index is 1.46. The maximum absolute atomic E-state index is 13.2. The third-order valence-corrected chi connectivity index (χ3v) is 10.5. The SMILES string of the molecule is CO[C@H]1/C=C\CCN(C)C(=O)C[C@](O)(C(=O)O)c2ccc3c(c2)N(C[C@@H]2CC[C@H]21)C[C@@]1(CCCc2cc(Cl)ccc21)CO3. The maximum Gasteiger partial charge on any atom is 0.340 e. The summed E-state index contributed by atoms with van der Waals surface area (Å²) in [5.74, 6) is -0.531. The molecule has 8 nitrogen and oxygen atoms in total. The van der Waals surface area contributed by atoms with Crippen LogP contribution in [0, 0.1) is 11.8 Å². The summed E-state index contributed by atoms with van der Waals surface area (Å²) in [6, 6.07) is 11.2. The number of carboxylic acid groups (broad SMARTS) is 1. The third kappa shape index (κ3) is 5.54. The number of ether oxygens (including phenoxy) is 2. The highest BCUT2D eigenvalue weighted by Gasteiger charge is 2.46. The van der Waals surface area contributed by atoms with E-state index in [2.05, 4.69) is 23.1 Å². The molecule has 2 N–H and O–H groups in total. The van der Waals surface area contributed by atoms with Gasteiger partial charge in [0.1, 0.15) is 5.75 Å². The summed E-state index contributed by atoms with van der Waals surface area (Å²) in [4.78, 5) is 29.5. The minimum atomic E-state index is -2.38. The van der Waals surface area contributed by atoms with Gasteiger partial charge in [0, 0.05) is 44.2 Å². The van der Waals surface area contributed by atoms with Gasteiger partial charge in [0.05, 0.1) is 24.8 Å². The first-order valence-corrected chi connectivity index (χ1v) is 15.7. The molecule has 1 spiro atoms. The molecular formula is C34H41ClN2O6. The van der Waals surface area contributed by atoms with Gasteiger partial charge in [-0.1, -0.05) is 35.9 Å². The van der Waals surface area contributed by atoms with E-state index in [4.69, 9.17) is 21.1 Å².